The molecule has 4 heteroatoms. The van der Waals surface area contributed by atoms with Crippen LogP contribution in [0, 0.1) is 0 Å². The number of rotatable bonds is 3. The SMILES string of the molecule is OC1(Cc2ccc(N3CCOCC3)c(Br)c2)CC1. The quantitative estimate of drug-likeness (QED) is 0.930. The average Bonchev–Trinajstić information content (AvgIpc) is 3.08. The molecule has 1 aromatic carbocycles. The Bertz CT molecular complexity index is 439. The Kier molecular flexibility index (Phi) is 3.34. The normalized spacial score (nSPS) is 22.0. The zero-order valence-electron chi connectivity index (χ0n) is 10.4. The van der Waals surface area contributed by atoms with Gasteiger partial charge in [-0.15, -0.1) is 0 Å². The second kappa shape index (κ2) is 4.83. The van der Waals surface area contributed by atoms with Crippen LogP contribution in [0.3, 0.4) is 0 Å². The van der Waals surface area contributed by atoms with E-state index in [2.05, 4.69) is 39.0 Å². The van der Waals surface area contributed by atoms with Crippen LogP contribution < -0.4 is 4.90 Å². The number of hydrogen-bond donors (Lipinski definition) is 1. The molecule has 0 radical (unpaired) electrons. The second-order valence-corrected chi connectivity index (χ2v) is 6.14. The zero-order valence-corrected chi connectivity index (χ0v) is 11.9. The molecule has 2 aliphatic rings. The fraction of sp³-hybridized carbons (Fsp3) is 0.571. The van der Waals surface area contributed by atoms with Gasteiger partial charge in [-0.1, -0.05) is 6.07 Å². The summed E-state index contributed by atoms with van der Waals surface area (Å²) in [5, 5.41) is 9.95. The predicted octanol–water partition coefficient (Wildman–Crippen LogP) is 2.35. The molecule has 18 heavy (non-hydrogen) atoms. The molecule has 1 saturated heterocycles. The van der Waals surface area contributed by atoms with Crippen molar-refractivity contribution in [2.75, 3.05) is 31.2 Å². The minimum Gasteiger partial charge on any atom is -0.390 e. The minimum atomic E-state index is -0.417. The summed E-state index contributed by atoms with van der Waals surface area (Å²) >= 11 is 3.65. The molecular formula is C14H18BrNO2. The van der Waals surface area contributed by atoms with E-state index in [-0.39, 0.29) is 0 Å². The molecule has 0 amide bonds. The molecule has 0 bridgehead atoms. The Morgan fingerprint density at radius 3 is 2.61 bits per heavy atom. The smallest absolute Gasteiger partial charge is 0.0690 e. The third-order valence-corrected chi connectivity index (χ3v) is 4.36. The largest absolute Gasteiger partial charge is 0.390 e. The Morgan fingerprint density at radius 2 is 2.00 bits per heavy atom. The second-order valence-electron chi connectivity index (χ2n) is 5.29. The third-order valence-electron chi connectivity index (χ3n) is 3.72. The maximum atomic E-state index is 9.95. The number of hydrogen-bond acceptors (Lipinski definition) is 3. The molecule has 1 heterocycles. The molecule has 0 spiro atoms. The molecule has 1 aliphatic heterocycles. The van der Waals surface area contributed by atoms with Gasteiger partial charge in [0.15, 0.2) is 0 Å². The first-order chi connectivity index (χ1) is 8.66. The molecule has 0 unspecified atom stereocenters. The number of anilines is 1. The highest BCUT2D eigenvalue weighted by Crippen LogP contribution is 2.39. The summed E-state index contributed by atoms with van der Waals surface area (Å²) in [6, 6.07) is 6.42. The van der Waals surface area contributed by atoms with E-state index in [0.717, 1.165) is 50.0 Å². The highest BCUT2D eigenvalue weighted by molar-refractivity contribution is 9.10. The lowest BCUT2D eigenvalue weighted by molar-refractivity contribution is 0.122. The monoisotopic (exact) mass is 311 g/mol. The van der Waals surface area contributed by atoms with Crippen LogP contribution in [0.15, 0.2) is 22.7 Å². The van der Waals surface area contributed by atoms with Crippen LogP contribution in [0.25, 0.3) is 0 Å². The Morgan fingerprint density at radius 1 is 1.28 bits per heavy atom. The zero-order chi connectivity index (χ0) is 12.6. The summed E-state index contributed by atoms with van der Waals surface area (Å²) in [4.78, 5) is 2.34. The van der Waals surface area contributed by atoms with Crippen molar-refractivity contribution in [2.24, 2.45) is 0 Å². The van der Waals surface area contributed by atoms with E-state index < -0.39 is 5.60 Å². The van der Waals surface area contributed by atoms with Crippen LogP contribution in [-0.4, -0.2) is 37.0 Å². The van der Waals surface area contributed by atoms with Gasteiger partial charge in [0.25, 0.3) is 0 Å². The molecule has 2 fully saturated rings. The van der Waals surface area contributed by atoms with Gasteiger partial charge in [0.05, 0.1) is 24.5 Å². The van der Waals surface area contributed by atoms with Crippen LogP contribution >= 0.6 is 15.9 Å². The average molecular weight is 312 g/mol. The van der Waals surface area contributed by atoms with Gasteiger partial charge in [-0.3, -0.25) is 0 Å². The van der Waals surface area contributed by atoms with Gasteiger partial charge in [-0.05, 0) is 46.5 Å². The lowest BCUT2D eigenvalue weighted by atomic mass is 10.1. The third kappa shape index (κ3) is 2.71. The van der Waals surface area contributed by atoms with Gasteiger partial charge >= 0.3 is 0 Å². The van der Waals surface area contributed by atoms with Crippen LogP contribution in [0.4, 0.5) is 5.69 Å². The maximum Gasteiger partial charge on any atom is 0.0690 e. The molecule has 3 rings (SSSR count). The molecule has 3 nitrogen and oxygen atoms in total. The molecule has 1 saturated carbocycles. The summed E-state index contributed by atoms with van der Waals surface area (Å²) < 4.78 is 6.49. The summed E-state index contributed by atoms with van der Waals surface area (Å²) in [7, 11) is 0. The van der Waals surface area contributed by atoms with Crippen molar-refractivity contribution < 1.29 is 9.84 Å². The fourth-order valence-electron chi connectivity index (χ4n) is 2.42. The standard InChI is InChI=1S/C14H18BrNO2/c15-12-9-11(10-14(17)3-4-14)1-2-13(12)16-5-7-18-8-6-16/h1-2,9,17H,3-8,10H2. The van der Waals surface area contributed by atoms with Crippen molar-refractivity contribution in [3.63, 3.8) is 0 Å². The number of morpholine rings is 1. The Hall–Kier alpha value is -0.580. The first-order valence-electron chi connectivity index (χ1n) is 6.50. The lowest BCUT2D eigenvalue weighted by Gasteiger charge is -2.30. The van der Waals surface area contributed by atoms with E-state index in [1.54, 1.807) is 0 Å². The first-order valence-corrected chi connectivity index (χ1v) is 7.29. The van der Waals surface area contributed by atoms with E-state index >= 15 is 0 Å². The highest BCUT2D eigenvalue weighted by Gasteiger charge is 2.40. The molecule has 1 N–H and O–H groups in total. The van der Waals surface area contributed by atoms with E-state index in [4.69, 9.17) is 4.74 Å². The lowest BCUT2D eigenvalue weighted by Crippen LogP contribution is -2.36. The van der Waals surface area contributed by atoms with Gasteiger partial charge in [0.1, 0.15) is 0 Å². The number of nitrogens with zero attached hydrogens (tertiary/aromatic N) is 1. The number of halogens is 1. The van der Waals surface area contributed by atoms with Gasteiger partial charge in [-0.2, -0.15) is 0 Å². The van der Waals surface area contributed by atoms with Crippen LogP contribution in [0.5, 0.6) is 0 Å². The van der Waals surface area contributed by atoms with E-state index in [1.807, 2.05) is 0 Å². The van der Waals surface area contributed by atoms with E-state index in [1.165, 1.54) is 11.3 Å². The fourth-order valence-corrected chi connectivity index (χ4v) is 3.10. The highest BCUT2D eigenvalue weighted by atomic mass is 79.9. The molecule has 0 atom stereocenters. The molecule has 98 valence electrons. The topological polar surface area (TPSA) is 32.7 Å². The van der Waals surface area contributed by atoms with Gasteiger partial charge in [-0.25, -0.2) is 0 Å². The summed E-state index contributed by atoms with van der Waals surface area (Å²) in [5.74, 6) is 0. The molecule has 0 aromatic heterocycles. The maximum absolute atomic E-state index is 9.95. The summed E-state index contributed by atoms with van der Waals surface area (Å²) in [6.07, 6.45) is 2.65. The van der Waals surface area contributed by atoms with Gasteiger partial charge in [0.2, 0.25) is 0 Å². The van der Waals surface area contributed by atoms with E-state index in [0.29, 0.717) is 0 Å². The van der Waals surface area contributed by atoms with Crippen molar-refractivity contribution in [2.45, 2.75) is 24.9 Å². The van der Waals surface area contributed by atoms with Crippen molar-refractivity contribution in [1.82, 2.24) is 0 Å². The van der Waals surface area contributed by atoms with Crippen molar-refractivity contribution in [3.8, 4) is 0 Å². The number of ether oxygens (including phenoxy) is 1. The van der Waals surface area contributed by atoms with E-state index in [9.17, 15) is 5.11 Å². The number of aliphatic hydroxyl groups is 1. The Balaban J connectivity index is 1.75. The summed E-state index contributed by atoms with van der Waals surface area (Å²) in [6.45, 7) is 3.49. The predicted molar refractivity (Wildman–Crippen MR) is 75.1 cm³/mol. The van der Waals surface area contributed by atoms with Crippen LogP contribution in [0.1, 0.15) is 18.4 Å². The Labute approximate surface area is 116 Å². The van der Waals surface area contributed by atoms with Crippen molar-refractivity contribution in [3.05, 3.63) is 28.2 Å². The van der Waals surface area contributed by atoms with Crippen LogP contribution in [0.2, 0.25) is 0 Å². The molecular weight excluding hydrogens is 294 g/mol. The molecule has 1 aliphatic carbocycles. The van der Waals surface area contributed by atoms with Gasteiger partial charge < -0.3 is 14.7 Å². The number of benzene rings is 1. The van der Waals surface area contributed by atoms with Crippen molar-refractivity contribution in [1.29, 1.82) is 0 Å². The first kappa shape index (κ1) is 12.5. The molecule has 1 aromatic rings. The van der Waals surface area contributed by atoms with Crippen molar-refractivity contribution >= 4 is 21.6 Å². The van der Waals surface area contributed by atoms with Gasteiger partial charge in [0, 0.05) is 24.0 Å². The van der Waals surface area contributed by atoms with Crippen LogP contribution in [-0.2, 0) is 11.2 Å². The minimum absolute atomic E-state index is 0.417. The summed E-state index contributed by atoms with van der Waals surface area (Å²) in [5.41, 5.74) is 2.02.